The fourth-order valence-electron chi connectivity index (χ4n) is 2.63. The number of nitrogens with one attached hydrogen (secondary N) is 1. The molecule has 1 aliphatic rings. The molecule has 1 fully saturated rings. The minimum absolute atomic E-state index is 0.0936. The zero-order valence-electron chi connectivity index (χ0n) is 13.2. The number of benzene rings is 1. The summed E-state index contributed by atoms with van der Waals surface area (Å²) in [6, 6.07) is 7.37. The SMILES string of the molecule is CC(C)(C(=O)NCc1ccccc1Cl)C(=O)N1CCCCC1. The number of hydrogen-bond acceptors (Lipinski definition) is 2. The fourth-order valence-corrected chi connectivity index (χ4v) is 2.83. The Kier molecular flexibility index (Phi) is 5.46. The standard InChI is InChI=1S/C17H23ClN2O2/c1-17(2,16(22)20-10-6-3-7-11-20)15(21)19-12-13-8-4-5-9-14(13)18/h4-5,8-9H,3,6-7,10-12H2,1-2H3,(H,19,21). The maximum absolute atomic E-state index is 12.6. The van der Waals surface area contributed by atoms with Crippen molar-refractivity contribution >= 4 is 23.4 Å². The van der Waals surface area contributed by atoms with Crippen LogP contribution < -0.4 is 5.32 Å². The summed E-state index contributed by atoms with van der Waals surface area (Å²) in [4.78, 5) is 26.8. The number of hydrogen-bond donors (Lipinski definition) is 1. The van der Waals surface area contributed by atoms with Gasteiger partial charge in [0.2, 0.25) is 11.8 Å². The number of rotatable bonds is 4. The van der Waals surface area contributed by atoms with Crippen LogP contribution in [-0.4, -0.2) is 29.8 Å². The van der Waals surface area contributed by atoms with Crippen LogP contribution >= 0.6 is 11.6 Å². The first-order valence-electron chi connectivity index (χ1n) is 7.74. The molecule has 0 aliphatic carbocycles. The molecule has 1 aromatic rings. The molecule has 1 heterocycles. The van der Waals surface area contributed by atoms with E-state index in [1.54, 1.807) is 24.8 Å². The molecule has 22 heavy (non-hydrogen) atoms. The molecule has 0 radical (unpaired) electrons. The third kappa shape index (κ3) is 3.80. The molecule has 1 aliphatic heterocycles. The molecule has 0 aromatic heterocycles. The molecule has 4 nitrogen and oxygen atoms in total. The highest BCUT2D eigenvalue weighted by atomic mass is 35.5. The second-order valence-corrected chi connectivity index (χ2v) is 6.66. The average Bonchev–Trinajstić information content (AvgIpc) is 2.53. The predicted octanol–water partition coefficient (Wildman–Crippen LogP) is 2.99. The molecule has 0 spiro atoms. The molecule has 0 saturated carbocycles. The van der Waals surface area contributed by atoms with Gasteiger partial charge in [0.05, 0.1) is 0 Å². The lowest BCUT2D eigenvalue weighted by Gasteiger charge is -2.33. The van der Waals surface area contributed by atoms with Crippen LogP contribution in [-0.2, 0) is 16.1 Å². The third-order valence-corrected chi connectivity index (χ3v) is 4.51. The van der Waals surface area contributed by atoms with Gasteiger partial charge in [-0.15, -0.1) is 0 Å². The van der Waals surface area contributed by atoms with Gasteiger partial charge in [-0.05, 0) is 44.7 Å². The smallest absolute Gasteiger partial charge is 0.237 e. The summed E-state index contributed by atoms with van der Waals surface area (Å²) < 4.78 is 0. The normalized spacial score (nSPS) is 15.5. The van der Waals surface area contributed by atoms with E-state index in [0.717, 1.165) is 37.9 Å². The molecule has 2 amide bonds. The zero-order chi connectivity index (χ0) is 16.2. The first-order chi connectivity index (χ1) is 10.4. The van der Waals surface area contributed by atoms with Crippen LogP contribution in [0, 0.1) is 5.41 Å². The van der Waals surface area contributed by atoms with E-state index in [-0.39, 0.29) is 11.8 Å². The topological polar surface area (TPSA) is 49.4 Å². The van der Waals surface area contributed by atoms with Gasteiger partial charge in [-0.3, -0.25) is 9.59 Å². The number of carbonyl (C=O) groups is 2. The maximum Gasteiger partial charge on any atom is 0.237 e. The molecule has 0 bridgehead atoms. The Morgan fingerprint density at radius 2 is 1.82 bits per heavy atom. The summed E-state index contributed by atoms with van der Waals surface area (Å²) in [5.74, 6) is -0.355. The van der Waals surface area contributed by atoms with Crippen LogP contribution in [0.15, 0.2) is 24.3 Å². The molecular formula is C17H23ClN2O2. The van der Waals surface area contributed by atoms with Crippen molar-refractivity contribution in [3.05, 3.63) is 34.9 Å². The zero-order valence-corrected chi connectivity index (χ0v) is 13.9. The van der Waals surface area contributed by atoms with Crippen molar-refractivity contribution in [2.75, 3.05) is 13.1 Å². The van der Waals surface area contributed by atoms with E-state index in [2.05, 4.69) is 5.32 Å². The Morgan fingerprint density at radius 1 is 1.18 bits per heavy atom. The second-order valence-electron chi connectivity index (χ2n) is 6.25. The van der Waals surface area contributed by atoms with Crippen molar-refractivity contribution < 1.29 is 9.59 Å². The highest BCUT2D eigenvalue weighted by molar-refractivity contribution is 6.31. The second kappa shape index (κ2) is 7.14. The number of piperidine rings is 1. The van der Waals surface area contributed by atoms with Gasteiger partial charge < -0.3 is 10.2 Å². The summed E-state index contributed by atoms with van der Waals surface area (Å²) in [5, 5.41) is 3.44. The Balaban J connectivity index is 1.97. The van der Waals surface area contributed by atoms with E-state index in [1.165, 1.54) is 0 Å². The van der Waals surface area contributed by atoms with E-state index in [1.807, 2.05) is 18.2 Å². The van der Waals surface area contributed by atoms with Crippen molar-refractivity contribution in [1.82, 2.24) is 10.2 Å². The molecular weight excluding hydrogens is 300 g/mol. The lowest BCUT2D eigenvalue weighted by Crippen LogP contribution is -2.50. The highest BCUT2D eigenvalue weighted by Crippen LogP contribution is 2.23. The van der Waals surface area contributed by atoms with Gasteiger partial charge in [-0.25, -0.2) is 0 Å². The van der Waals surface area contributed by atoms with Crippen LogP contribution in [0.25, 0.3) is 0 Å². The number of amides is 2. The summed E-state index contributed by atoms with van der Waals surface area (Å²) in [5.41, 5.74) is -0.211. The molecule has 120 valence electrons. The summed E-state index contributed by atoms with van der Waals surface area (Å²) in [6.07, 6.45) is 3.19. The summed E-state index contributed by atoms with van der Waals surface area (Å²) >= 11 is 6.08. The van der Waals surface area contributed by atoms with Crippen LogP contribution in [0.5, 0.6) is 0 Å². The van der Waals surface area contributed by atoms with Crippen LogP contribution in [0.1, 0.15) is 38.7 Å². The Bertz CT molecular complexity index is 551. The Hall–Kier alpha value is -1.55. The number of carbonyl (C=O) groups excluding carboxylic acids is 2. The molecule has 0 atom stereocenters. The Morgan fingerprint density at radius 3 is 2.45 bits per heavy atom. The van der Waals surface area contributed by atoms with Crippen molar-refractivity contribution in [2.45, 2.75) is 39.7 Å². The van der Waals surface area contributed by atoms with Gasteiger partial charge in [0.15, 0.2) is 0 Å². The molecule has 5 heteroatoms. The monoisotopic (exact) mass is 322 g/mol. The predicted molar refractivity (Wildman–Crippen MR) is 87.5 cm³/mol. The van der Waals surface area contributed by atoms with Gasteiger partial charge in [0.1, 0.15) is 5.41 Å². The van der Waals surface area contributed by atoms with Gasteiger partial charge in [0, 0.05) is 24.7 Å². The van der Waals surface area contributed by atoms with Gasteiger partial charge in [0.25, 0.3) is 0 Å². The minimum atomic E-state index is -1.06. The first kappa shape index (κ1) is 16.8. The maximum atomic E-state index is 12.6. The minimum Gasteiger partial charge on any atom is -0.351 e. The fraction of sp³-hybridized carbons (Fsp3) is 0.529. The van der Waals surface area contributed by atoms with Crippen LogP contribution in [0.3, 0.4) is 0 Å². The number of halogens is 1. The third-order valence-electron chi connectivity index (χ3n) is 4.14. The largest absolute Gasteiger partial charge is 0.351 e. The van der Waals surface area contributed by atoms with Crippen molar-refractivity contribution in [1.29, 1.82) is 0 Å². The molecule has 0 unspecified atom stereocenters. The molecule has 1 aromatic carbocycles. The van der Waals surface area contributed by atoms with Gasteiger partial charge in [-0.1, -0.05) is 29.8 Å². The first-order valence-corrected chi connectivity index (χ1v) is 8.12. The lowest BCUT2D eigenvalue weighted by molar-refractivity contribution is -0.149. The number of likely N-dealkylation sites (tertiary alicyclic amines) is 1. The van der Waals surface area contributed by atoms with E-state index in [0.29, 0.717) is 11.6 Å². The lowest BCUT2D eigenvalue weighted by atomic mass is 9.89. The van der Waals surface area contributed by atoms with Crippen LogP contribution in [0.2, 0.25) is 5.02 Å². The van der Waals surface area contributed by atoms with E-state index < -0.39 is 5.41 Å². The van der Waals surface area contributed by atoms with Gasteiger partial charge >= 0.3 is 0 Å². The number of nitrogens with zero attached hydrogens (tertiary/aromatic N) is 1. The van der Waals surface area contributed by atoms with Crippen molar-refractivity contribution in [3.63, 3.8) is 0 Å². The van der Waals surface area contributed by atoms with Gasteiger partial charge in [-0.2, -0.15) is 0 Å². The van der Waals surface area contributed by atoms with E-state index >= 15 is 0 Å². The van der Waals surface area contributed by atoms with Crippen molar-refractivity contribution in [3.8, 4) is 0 Å². The average molecular weight is 323 g/mol. The summed E-state index contributed by atoms with van der Waals surface area (Å²) in [7, 11) is 0. The molecule has 1 N–H and O–H groups in total. The Labute approximate surface area is 136 Å². The molecule has 2 rings (SSSR count). The van der Waals surface area contributed by atoms with Crippen molar-refractivity contribution in [2.24, 2.45) is 5.41 Å². The molecule has 1 saturated heterocycles. The quantitative estimate of drug-likeness (QED) is 0.866. The summed E-state index contributed by atoms with van der Waals surface area (Å²) in [6.45, 7) is 5.20. The van der Waals surface area contributed by atoms with E-state index in [9.17, 15) is 9.59 Å². The van der Waals surface area contributed by atoms with Crippen LogP contribution in [0.4, 0.5) is 0 Å². The van der Waals surface area contributed by atoms with E-state index in [4.69, 9.17) is 11.6 Å². The highest BCUT2D eigenvalue weighted by Gasteiger charge is 2.39.